The van der Waals surface area contributed by atoms with Gasteiger partial charge in [-0.1, -0.05) is 12.1 Å². The van der Waals surface area contributed by atoms with Crippen LogP contribution in [0.25, 0.3) is 10.2 Å². The Balaban J connectivity index is 1.64. The molecule has 0 spiro atoms. The lowest BCUT2D eigenvalue weighted by Crippen LogP contribution is -2.15. The number of furan rings is 1. The second-order valence-corrected chi connectivity index (χ2v) is 6.62. The van der Waals surface area contributed by atoms with E-state index < -0.39 is 5.91 Å². The predicted molar refractivity (Wildman–Crippen MR) is 88.4 cm³/mol. The summed E-state index contributed by atoms with van der Waals surface area (Å²) >= 11 is 3.03. The normalized spacial score (nSPS) is 10.9. The molecule has 0 aliphatic rings. The van der Waals surface area contributed by atoms with Crippen molar-refractivity contribution in [3.63, 3.8) is 0 Å². The largest absolute Gasteiger partial charge is 0.448 e. The average molecular weight is 342 g/mol. The van der Waals surface area contributed by atoms with Crippen molar-refractivity contribution in [2.45, 2.75) is 15.9 Å². The van der Waals surface area contributed by atoms with Crippen molar-refractivity contribution >= 4 is 45.4 Å². The molecule has 0 aliphatic carbocycles. The minimum Gasteiger partial charge on any atom is -0.448 e. The summed E-state index contributed by atoms with van der Waals surface area (Å²) in [5.41, 5.74) is 3.21. The predicted octanol–water partition coefficient (Wildman–Crippen LogP) is 3.40. The van der Waals surface area contributed by atoms with Gasteiger partial charge in [-0.05, 0) is 36.0 Å². The quantitative estimate of drug-likeness (QED) is 0.567. The number of para-hydroxylation sites is 1. The zero-order valence-electron chi connectivity index (χ0n) is 11.7. The number of nitrogens with zero attached hydrogens (tertiary/aromatic N) is 3. The van der Waals surface area contributed by atoms with E-state index in [9.17, 15) is 4.79 Å². The van der Waals surface area contributed by atoms with Crippen molar-refractivity contribution in [2.24, 2.45) is 5.10 Å². The van der Waals surface area contributed by atoms with Crippen LogP contribution in [0.3, 0.4) is 0 Å². The van der Waals surface area contributed by atoms with E-state index in [2.05, 4.69) is 15.5 Å². The van der Waals surface area contributed by atoms with Crippen LogP contribution < -0.4 is 5.43 Å². The summed E-state index contributed by atoms with van der Waals surface area (Å²) in [7, 11) is 0. The number of amides is 1. The third-order valence-electron chi connectivity index (χ3n) is 2.68. The number of nitriles is 1. The van der Waals surface area contributed by atoms with Crippen LogP contribution in [0.1, 0.15) is 12.2 Å². The van der Waals surface area contributed by atoms with Crippen molar-refractivity contribution < 1.29 is 9.21 Å². The van der Waals surface area contributed by atoms with Crippen LogP contribution in [0.4, 0.5) is 0 Å². The number of carbonyl (C=O) groups excluding carboxylic acids is 1. The molecule has 0 saturated carbocycles. The van der Waals surface area contributed by atoms with E-state index in [-0.39, 0.29) is 6.42 Å². The maximum atomic E-state index is 11.1. The van der Waals surface area contributed by atoms with Gasteiger partial charge in [-0.25, -0.2) is 10.4 Å². The first-order chi connectivity index (χ1) is 11.2. The molecule has 2 heterocycles. The summed E-state index contributed by atoms with van der Waals surface area (Å²) < 4.78 is 7.61. The van der Waals surface area contributed by atoms with Gasteiger partial charge in [0, 0.05) is 0 Å². The van der Waals surface area contributed by atoms with Crippen molar-refractivity contribution in [2.75, 3.05) is 0 Å². The Bertz CT molecular complexity index is 874. The molecular formula is C15H10N4O2S2. The van der Waals surface area contributed by atoms with Crippen LogP contribution in [0, 0.1) is 11.3 Å². The smallest absolute Gasteiger partial charge is 0.254 e. The Morgan fingerprint density at radius 2 is 2.30 bits per heavy atom. The van der Waals surface area contributed by atoms with Crippen LogP contribution in [-0.2, 0) is 4.79 Å². The molecule has 0 aliphatic heterocycles. The molecule has 0 atom stereocenters. The molecule has 6 nitrogen and oxygen atoms in total. The van der Waals surface area contributed by atoms with Crippen molar-refractivity contribution in [3.8, 4) is 6.07 Å². The molecule has 8 heteroatoms. The number of carbonyl (C=O) groups is 1. The average Bonchev–Trinajstić information content (AvgIpc) is 3.14. The molecule has 0 unspecified atom stereocenters. The topological polar surface area (TPSA) is 91.3 Å². The van der Waals surface area contributed by atoms with Crippen LogP contribution >= 0.6 is 23.1 Å². The zero-order valence-corrected chi connectivity index (χ0v) is 13.4. The number of thiazole rings is 1. The number of hydrogen-bond donors (Lipinski definition) is 1. The lowest BCUT2D eigenvalue weighted by Gasteiger charge is -1.92. The molecule has 3 aromatic rings. The highest BCUT2D eigenvalue weighted by atomic mass is 32.2. The number of fused-ring (bicyclic) bond motifs is 1. The van der Waals surface area contributed by atoms with Crippen LogP contribution in [-0.4, -0.2) is 17.1 Å². The van der Waals surface area contributed by atoms with Gasteiger partial charge < -0.3 is 4.42 Å². The maximum absolute atomic E-state index is 11.1. The van der Waals surface area contributed by atoms with Crippen molar-refractivity contribution in [1.29, 1.82) is 5.26 Å². The lowest BCUT2D eigenvalue weighted by molar-refractivity contribution is -0.120. The lowest BCUT2D eigenvalue weighted by atomic mass is 10.3. The molecule has 2 aromatic heterocycles. The molecule has 3 rings (SSSR count). The Hall–Kier alpha value is -2.63. The molecule has 1 aromatic carbocycles. The number of aromatic nitrogens is 1. The van der Waals surface area contributed by atoms with E-state index in [4.69, 9.17) is 9.68 Å². The van der Waals surface area contributed by atoms with Gasteiger partial charge in [0.05, 0.1) is 22.5 Å². The summed E-state index contributed by atoms with van der Waals surface area (Å²) in [5.74, 6) is 0.0465. The van der Waals surface area contributed by atoms with E-state index in [1.54, 1.807) is 23.5 Å². The molecule has 1 N–H and O–H groups in total. The second-order valence-electron chi connectivity index (χ2n) is 4.33. The molecular weight excluding hydrogens is 332 g/mol. The van der Waals surface area contributed by atoms with Gasteiger partial charge in [-0.3, -0.25) is 4.79 Å². The first kappa shape index (κ1) is 15.3. The fourth-order valence-corrected chi connectivity index (χ4v) is 3.69. The molecule has 23 heavy (non-hydrogen) atoms. The number of nitrogens with one attached hydrogen (secondary N) is 1. The molecule has 0 fully saturated rings. The van der Waals surface area contributed by atoms with Crippen LogP contribution in [0.15, 0.2) is 55.3 Å². The highest BCUT2D eigenvalue weighted by Crippen LogP contribution is 2.34. The van der Waals surface area contributed by atoms with Gasteiger partial charge in [0.15, 0.2) is 9.43 Å². The fraction of sp³-hybridized carbons (Fsp3) is 0.0667. The Morgan fingerprint density at radius 3 is 3.13 bits per heavy atom. The molecule has 114 valence electrons. The van der Waals surface area contributed by atoms with E-state index in [0.29, 0.717) is 10.9 Å². The van der Waals surface area contributed by atoms with Gasteiger partial charge in [-0.15, -0.1) is 11.3 Å². The van der Waals surface area contributed by atoms with Crippen molar-refractivity contribution in [1.82, 2.24) is 10.4 Å². The SMILES string of the molecule is N#CCC(=O)N/N=C/c1ccc(Sc2nc3ccccc3s2)o1. The summed E-state index contributed by atoms with van der Waals surface area (Å²) in [4.78, 5) is 15.6. The van der Waals surface area contributed by atoms with Crippen LogP contribution in [0.5, 0.6) is 0 Å². The minimum absolute atomic E-state index is 0.228. The third kappa shape index (κ3) is 3.97. The highest BCUT2D eigenvalue weighted by molar-refractivity contribution is 8.01. The number of hydrazone groups is 1. The monoisotopic (exact) mass is 342 g/mol. The molecule has 0 bridgehead atoms. The second kappa shape index (κ2) is 7.09. The first-order valence-corrected chi connectivity index (χ1v) is 8.20. The van der Waals surface area contributed by atoms with Crippen molar-refractivity contribution in [3.05, 3.63) is 42.2 Å². The van der Waals surface area contributed by atoms with E-state index >= 15 is 0 Å². The Labute approximate surface area is 139 Å². The van der Waals surface area contributed by atoms with Gasteiger partial charge >= 0.3 is 0 Å². The Morgan fingerprint density at radius 1 is 1.43 bits per heavy atom. The summed E-state index contributed by atoms with van der Waals surface area (Å²) in [5, 5.41) is 12.8. The van der Waals surface area contributed by atoms with E-state index in [1.807, 2.05) is 30.3 Å². The molecule has 1 amide bonds. The molecule has 0 radical (unpaired) electrons. The number of benzene rings is 1. The summed E-state index contributed by atoms with van der Waals surface area (Å²) in [6.45, 7) is 0. The summed E-state index contributed by atoms with van der Waals surface area (Å²) in [6.07, 6.45) is 1.16. The van der Waals surface area contributed by atoms with E-state index in [0.717, 1.165) is 14.6 Å². The fourth-order valence-electron chi connectivity index (χ4n) is 1.72. The van der Waals surface area contributed by atoms with E-state index in [1.165, 1.54) is 18.0 Å². The third-order valence-corrected chi connectivity index (χ3v) is 4.70. The van der Waals surface area contributed by atoms with Gasteiger partial charge in [0.1, 0.15) is 12.2 Å². The standard InChI is InChI=1S/C15H10N4O2S2/c16-8-7-13(20)19-17-9-10-5-6-14(21-10)23-15-18-11-3-1-2-4-12(11)22-15/h1-6,9H,7H2,(H,19,20)/b17-9+. The maximum Gasteiger partial charge on any atom is 0.254 e. The zero-order chi connectivity index (χ0) is 16.1. The molecule has 0 saturated heterocycles. The van der Waals surface area contributed by atoms with Crippen LogP contribution in [0.2, 0.25) is 0 Å². The number of hydrogen-bond acceptors (Lipinski definition) is 7. The highest BCUT2D eigenvalue weighted by Gasteiger charge is 2.08. The first-order valence-electron chi connectivity index (χ1n) is 6.57. The number of rotatable bonds is 5. The summed E-state index contributed by atoms with van der Waals surface area (Å²) in [6, 6.07) is 13.2. The Kier molecular flexibility index (Phi) is 4.71. The van der Waals surface area contributed by atoms with Gasteiger partial charge in [0.2, 0.25) is 0 Å². The van der Waals surface area contributed by atoms with Gasteiger partial charge in [0.25, 0.3) is 5.91 Å². The van der Waals surface area contributed by atoms with Gasteiger partial charge in [-0.2, -0.15) is 10.4 Å². The minimum atomic E-state index is -0.459.